The minimum Gasteiger partial charge on any atom is -0.406 e. The highest BCUT2D eigenvalue weighted by molar-refractivity contribution is 5.93. The third-order valence-corrected chi connectivity index (χ3v) is 2.98. The van der Waals surface area contributed by atoms with E-state index in [1.54, 1.807) is 6.92 Å². The zero-order valence-corrected chi connectivity index (χ0v) is 11.9. The van der Waals surface area contributed by atoms with Crippen molar-refractivity contribution in [3.8, 4) is 5.75 Å². The van der Waals surface area contributed by atoms with Crippen LogP contribution >= 0.6 is 0 Å². The first-order chi connectivity index (χ1) is 10.7. The summed E-state index contributed by atoms with van der Waals surface area (Å²) in [7, 11) is 0. The molecule has 0 saturated heterocycles. The lowest BCUT2D eigenvalue weighted by Crippen LogP contribution is -2.23. The predicted octanol–water partition coefficient (Wildman–Crippen LogP) is 3.36. The molecule has 1 aromatic carbocycles. The molecule has 1 heterocycles. The van der Waals surface area contributed by atoms with E-state index in [1.807, 2.05) is 0 Å². The summed E-state index contributed by atoms with van der Waals surface area (Å²) in [5, 5.41) is 2.58. The molecule has 23 heavy (non-hydrogen) atoms. The zero-order valence-electron chi connectivity index (χ0n) is 11.9. The van der Waals surface area contributed by atoms with Gasteiger partial charge in [0, 0.05) is 12.7 Å². The van der Waals surface area contributed by atoms with Crippen LogP contribution in [0.2, 0.25) is 0 Å². The standard InChI is InChI=1S/C15H12F4N2O2/c1-9-6-12(23-15(17,18)19)4-2-10(9)7-21-14(22)11-3-5-13(16)20-8-11/h2-6,8H,7H2,1H3,(H,21,22). The van der Waals surface area contributed by atoms with Gasteiger partial charge in [0.05, 0.1) is 5.56 Å². The van der Waals surface area contributed by atoms with Crippen LogP contribution in [0.4, 0.5) is 17.6 Å². The Morgan fingerprint density at radius 2 is 2.00 bits per heavy atom. The zero-order chi connectivity index (χ0) is 17.0. The molecule has 0 spiro atoms. The van der Waals surface area contributed by atoms with Crippen molar-refractivity contribution in [3.05, 3.63) is 59.2 Å². The molecule has 8 heteroatoms. The van der Waals surface area contributed by atoms with Gasteiger partial charge >= 0.3 is 6.36 Å². The number of aromatic nitrogens is 1. The topological polar surface area (TPSA) is 51.2 Å². The lowest BCUT2D eigenvalue weighted by molar-refractivity contribution is -0.274. The SMILES string of the molecule is Cc1cc(OC(F)(F)F)ccc1CNC(=O)c1ccc(F)nc1. The summed E-state index contributed by atoms with van der Waals surface area (Å²) < 4.78 is 52.9. The summed E-state index contributed by atoms with van der Waals surface area (Å²) in [6.07, 6.45) is -3.66. The second-order valence-electron chi connectivity index (χ2n) is 4.69. The number of ether oxygens (including phenoxy) is 1. The minimum absolute atomic E-state index is 0.105. The van der Waals surface area contributed by atoms with E-state index >= 15 is 0 Å². The smallest absolute Gasteiger partial charge is 0.406 e. The number of hydrogen-bond donors (Lipinski definition) is 1. The van der Waals surface area contributed by atoms with Gasteiger partial charge in [-0.3, -0.25) is 4.79 Å². The molecule has 1 amide bonds. The minimum atomic E-state index is -4.75. The molecule has 0 unspecified atom stereocenters. The number of aryl methyl sites for hydroxylation is 1. The third kappa shape index (κ3) is 4.94. The average molecular weight is 328 g/mol. The number of alkyl halides is 3. The fraction of sp³-hybridized carbons (Fsp3) is 0.200. The lowest BCUT2D eigenvalue weighted by Gasteiger charge is -2.12. The fourth-order valence-corrected chi connectivity index (χ4v) is 1.85. The normalized spacial score (nSPS) is 11.2. The third-order valence-electron chi connectivity index (χ3n) is 2.98. The Morgan fingerprint density at radius 1 is 1.26 bits per heavy atom. The van der Waals surface area contributed by atoms with Crippen LogP contribution < -0.4 is 10.1 Å². The van der Waals surface area contributed by atoms with Crippen LogP contribution in [0.5, 0.6) is 5.75 Å². The summed E-state index contributed by atoms with van der Waals surface area (Å²) in [6.45, 7) is 1.71. The van der Waals surface area contributed by atoms with Crippen LogP contribution in [0, 0.1) is 12.9 Å². The van der Waals surface area contributed by atoms with E-state index in [2.05, 4.69) is 15.0 Å². The largest absolute Gasteiger partial charge is 0.573 e. The maximum absolute atomic E-state index is 12.7. The molecule has 0 aliphatic carbocycles. The fourth-order valence-electron chi connectivity index (χ4n) is 1.85. The van der Waals surface area contributed by atoms with E-state index in [-0.39, 0.29) is 17.9 Å². The number of hydrogen-bond acceptors (Lipinski definition) is 3. The highest BCUT2D eigenvalue weighted by atomic mass is 19.4. The first-order valence-corrected chi connectivity index (χ1v) is 6.49. The monoisotopic (exact) mass is 328 g/mol. The first kappa shape index (κ1) is 16.7. The number of benzene rings is 1. The molecule has 0 aliphatic heterocycles. The van der Waals surface area contributed by atoms with Crippen molar-refractivity contribution in [2.75, 3.05) is 0 Å². The number of rotatable bonds is 4. The van der Waals surface area contributed by atoms with E-state index < -0.39 is 18.2 Å². The maximum Gasteiger partial charge on any atom is 0.573 e. The molecule has 1 N–H and O–H groups in total. The summed E-state index contributed by atoms with van der Waals surface area (Å²) in [5.74, 6) is -1.49. The van der Waals surface area contributed by atoms with Gasteiger partial charge in [0.15, 0.2) is 0 Å². The summed E-state index contributed by atoms with van der Waals surface area (Å²) in [4.78, 5) is 15.2. The Morgan fingerprint density at radius 3 is 2.57 bits per heavy atom. The van der Waals surface area contributed by atoms with Crippen molar-refractivity contribution in [2.24, 2.45) is 0 Å². The molecule has 0 saturated carbocycles. The Labute approximate surface area is 129 Å². The summed E-state index contributed by atoms with van der Waals surface area (Å²) in [5.41, 5.74) is 1.34. The van der Waals surface area contributed by atoms with Gasteiger partial charge in [0.1, 0.15) is 5.75 Å². The van der Waals surface area contributed by atoms with Crippen molar-refractivity contribution in [1.82, 2.24) is 10.3 Å². The van der Waals surface area contributed by atoms with Crippen molar-refractivity contribution in [1.29, 1.82) is 0 Å². The Hall–Kier alpha value is -2.64. The van der Waals surface area contributed by atoms with Crippen LogP contribution in [0.1, 0.15) is 21.5 Å². The molecule has 0 radical (unpaired) electrons. The maximum atomic E-state index is 12.7. The summed E-state index contributed by atoms with van der Waals surface area (Å²) >= 11 is 0. The highest BCUT2D eigenvalue weighted by Gasteiger charge is 2.31. The first-order valence-electron chi connectivity index (χ1n) is 6.49. The van der Waals surface area contributed by atoms with Gasteiger partial charge in [0.25, 0.3) is 5.91 Å². The second-order valence-corrected chi connectivity index (χ2v) is 4.69. The Balaban J connectivity index is 2.00. The number of nitrogens with zero attached hydrogens (tertiary/aromatic N) is 1. The molecule has 0 aliphatic rings. The molecule has 2 rings (SSSR count). The molecule has 122 valence electrons. The van der Waals surface area contributed by atoms with Gasteiger partial charge in [0.2, 0.25) is 5.95 Å². The van der Waals surface area contributed by atoms with Gasteiger partial charge in [-0.25, -0.2) is 4.98 Å². The number of nitrogens with one attached hydrogen (secondary N) is 1. The molecule has 0 fully saturated rings. The Bertz CT molecular complexity index is 700. The van der Waals surface area contributed by atoms with Crippen molar-refractivity contribution in [3.63, 3.8) is 0 Å². The molecule has 0 bridgehead atoms. The van der Waals surface area contributed by atoms with Crippen molar-refractivity contribution in [2.45, 2.75) is 19.8 Å². The quantitative estimate of drug-likeness (QED) is 0.692. The van der Waals surface area contributed by atoms with Crippen LogP contribution in [-0.4, -0.2) is 17.3 Å². The Kier molecular flexibility index (Phi) is 4.83. The molecule has 0 atom stereocenters. The van der Waals surface area contributed by atoms with E-state index in [0.29, 0.717) is 11.1 Å². The van der Waals surface area contributed by atoms with Gasteiger partial charge in [-0.1, -0.05) is 6.07 Å². The average Bonchev–Trinajstić information content (AvgIpc) is 2.45. The molecule has 1 aromatic heterocycles. The van der Waals surface area contributed by atoms with E-state index in [9.17, 15) is 22.4 Å². The number of carbonyl (C=O) groups excluding carboxylic acids is 1. The molecular weight excluding hydrogens is 316 g/mol. The van der Waals surface area contributed by atoms with Crippen LogP contribution in [0.3, 0.4) is 0 Å². The highest BCUT2D eigenvalue weighted by Crippen LogP contribution is 2.24. The van der Waals surface area contributed by atoms with E-state index in [1.165, 1.54) is 24.3 Å². The van der Waals surface area contributed by atoms with Crippen molar-refractivity contribution < 1.29 is 27.1 Å². The van der Waals surface area contributed by atoms with Crippen LogP contribution in [-0.2, 0) is 6.54 Å². The number of amides is 1. The number of halogens is 4. The van der Waals surface area contributed by atoms with Gasteiger partial charge < -0.3 is 10.1 Å². The number of pyridine rings is 1. The second kappa shape index (κ2) is 6.64. The number of carbonyl (C=O) groups is 1. The molecule has 2 aromatic rings. The molecular formula is C15H12F4N2O2. The van der Waals surface area contributed by atoms with Crippen LogP contribution in [0.25, 0.3) is 0 Å². The summed E-state index contributed by atoms with van der Waals surface area (Å²) in [6, 6.07) is 6.17. The van der Waals surface area contributed by atoms with Crippen LogP contribution in [0.15, 0.2) is 36.5 Å². The van der Waals surface area contributed by atoms with Crippen molar-refractivity contribution >= 4 is 5.91 Å². The van der Waals surface area contributed by atoms with Gasteiger partial charge in [-0.05, 0) is 42.3 Å². The molecule has 4 nitrogen and oxygen atoms in total. The predicted molar refractivity (Wildman–Crippen MR) is 73.2 cm³/mol. The van der Waals surface area contributed by atoms with Gasteiger partial charge in [-0.15, -0.1) is 13.2 Å². The van der Waals surface area contributed by atoms with E-state index in [0.717, 1.165) is 12.3 Å². The lowest BCUT2D eigenvalue weighted by atomic mass is 10.1. The van der Waals surface area contributed by atoms with E-state index in [4.69, 9.17) is 0 Å². The van der Waals surface area contributed by atoms with Gasteiger partial charge in [-0.2, -0.15) is 4.39 Å².